The Labute approximate surface area is 155 Å². The van der Waals surface area contributed by atoms with Crippen molar-refractivity contribution in [3.63, 3.8) is 0 Å². The fraction of sp³-hybridized carbons (Fsp3) is 0.750. The number of aromatic hydroxyl groups is 1. The van der Waals surface area contributed by atoms with Crippen LogP contribution >= 0.6 is 0 Å². The second-order valence-electron chi connectivity index (χ2n) is 8.61. The zero-order valence-corrected chi connectivity index (χ0v) is 16.1. The number of benzene rings is 1. The van der Waals surface area contributed by atoms with Gasteiger partial charge in [-0.3, -0.25) is 0 Å². The molecule has 140 valence electrons. The average Bonchev–Trinajstić information content (AvgIpc) is 2.84. The molecule has 2 aliphatic rings. The van der Waals surface area contributed by atoms with Crippen LogP contribution in [0.25, 0.3) is 0 Å². The summed E-state index contributed by atoms with van der Waals surface area (Å²) in [5.41, 5.74) is 2.62. The first-order valence-electron chi connectivity index (χ1n) is 11.2. The number of hydrogen-bond donors (Lipinski definition) is 1. The van der Waals surface area contributed by atoms with Crippen LogP contribution in [0, 0.1) is 0 Å². The summed E-state index contributed by atoms with van der Waals surface area (Å²) in [5.74, 6) is 1.83. The summed E-state index contributed by atoms with van der Waals surface area (Å²) in [6, 6.07) is 6.76. The van der Waals surface area contributed by atoms with Crippen molar-refractivity contribution in [2.45, 2.75) is 115 Å². The van der Waals surface area contributed by atoms with Crippen LogP contribution in [0.1, 0.15) is 126 Å². The summed E-state index contributed by atoms with van der Waals surface area (Å²) in [5, 5.41) is 10.8. The van der Waals surface area contributed by atoms with Crippen LogP contribution in [0.3, 0.4) is 0 Å². The van der Waals surface area contributed by atoms with Crippen molar-refractivity contribution in [1.29, 1.82) is 0 Å². The molecule has 2 aliphatic carbocycles. The summed E-state index contributed by atoms with van der Waals surface area (Å²) >= 11 is 0. The third kappa shape index (κ3) is 5.76. The Morgan fingerprint density at radius 2 is 1.00 bits per heavy atom. The quantitative estimate of drug-likeness (QED) is 0.580. The number of phenols is 1. The maximum Gasteiger partial charge on any atom is 0.119 e. The summed E-state index contributed by atoms with van der Waals surface area (Å²) in [4.78, 5) is 0. The molecule has 0 atom stereocenters. The minimum absolute atomic E-state index is 0.577. The van der Waals surface area contributed by atoms with Gasteiger partial charge in [-0.05, 0) is 54.7 Å². The van der Waals surface area contributed by atoms with Gasteiger partial charge in [-0.2, -0.15) is 0 Å². The van der Waals surface area contributed by atoms with Gasteiger partial charge in [0, 0.05) is 0 Å². The van der Waals surface area contributed by atoms with Crippen LogP contribution in [0.4, 0.5) is 0 Å². The van der Waals surface area contributed by atoms with Gasteiger partial charge in [0.1, 0.15) is 5.75 Å². The van der Waals surface area contributed by atoms with E-state index in [1.54, 1.807) is 0 Å². The molecule has 1 heteroatoms. The topological polar surface area (TPSA) is 20.2 Å². The van der Waals surface area contributed by atoms with E-state index in [1.807, 2.05) is 0 Å². The van der Waals surface area contributed by atoms with Crippen molar-refractivity contribution in [3.05, 3.63) is 29.3 Å². The molecule has 0 bridgehead atoms. The first-order valence-corrected chi connectivity index (χ1v) is 11.2. The zero-order chi connectivity index (χ0) is 17.3. The lowest BCUT2D eigenvalue weighted by Gasteiger charge is -2.21. The molecule has 2 saturated carbocycles. The van der Waals surface area contributed by atoms with Crippen LogP contribution in [-0.4, -0.2) is 5.11 Å². The normalized spacial score (nSPS) is 22.9. The van der Waals surface area contributed by atoms with Crippen molar-refractivity contribution in [3.8, 4) is 5.75 Å². The Hall–Kier alpha value is -0.980. The highest BCUT2D eigenvalue weighted by atomic mass is 16.3. The highest BCUT2D eigenvalue weighted by Crippen LogP contribution is 2.38. The van der Waals surface area contributed by atoms with Gasteiger partial charge in [0.2, 0.25) is 0 Å². The minimum Gasteiger partial charge on any atom is -0.508 e. The van der Waals surface area contributed by atoms with Gasteiger partial charge >= 0.3 is 0 Å². The standard InChI is InChI=1S/C24H38O/c25-24-19-22(20-13-9-5-1-2-6-10-14-20)17-18-23(24)21-15-11-7-3-4-8-12-16-21/h17-21,25H,1-16H2. The molecule has 0 radical (unpaired) electrons. The molecular weight excluding hydrogens is 304 g/mol. The second kappa shape index (κ2) is 10.2. The monoisotopic (exact) mass is 342 g/mol. The van der Waals surface area contributed by atoms with E-state index in [0.29, 0.717) is 17.6 Å². The molecule has 1 nitrogen and oxygen atoms in total. The Bertz CT molecular complexity index is 487. The molecule has 0 heterocycles. The number of hydrogen-bond acceptors (Lipinski definition) is 1. The van der Waals surface area contributed by atoms with Gasteiger partial charge in [-0.25, -0.2) is 0 Å². The van der Waals surface area contributed by atoms with E-state index in [0.717, 1.165) is 0 Å². The smallest absolute Gasteiger partial charge is 0.119 e. The Balaban J connectivity index is 1.70. The Morgan fingerprint density at radius 3 is 1.48 bits per heavy atom. The summed E-state index contributed by atoms with van der Waals surface area (Å²) in [6.45, 7) is 0. The lowest BCUT2D eigenvalue weighted by atomic mass is 9.85. The number of rotatable bonds is 2. The average molecular weight is 343 g/mol. The Morgan fingerprint density at radius 1 is 0.560 bits per heavy atom. The molecule has 1 aromatic rings. The van der Waals surface area contributed by atoms with Crippen LogP contribution in [0.5, 0.6) is 5.75 Å². The molecule has 1 aromatic carbocycles. The largest absolute Gasteiger partial charge is 0.508 e. The first-order chi connectivity index (χ1) is 12.3. The Kier molecular flexibility index (Phi) is 7.70. The third-order valence-electron chi connectivity index (χ3n) is 6.68. The fourth-order valence-corrected chi connectivity index (χ4v) is 5.07. The minimum atomic E-state index is 0.577. The molecule has 0 saturated heterocycles. The lowest BCUT2D eigenvalue weighted by molar-refractivity contribution is 0.444. The molecule has 1 N–H and O–H groups in total. The van der Waals surface area contributed by atoms with Crippen LogP contribution in [-0.2, 0) is 0 Å². The fourth-order valence-electron chi connectivity index (χ4n) is 5.07. The highest BCUT2D eigenvalue weighted by molar-refractivity contribution is 5.40. The van der Waals surface area contributed by atoms with E-state index < -0.39 is 0 Å². The van der Waals surface area contributed by atoms with E-state index in [2.05, 4.69) is 18.2 Å². The highest BCUT2D eigenvalue weighted by Gasteiger charge is 2.19. The van der Waals surface area contributed by atoms with E-state index >= 15 is 0 Å². The molecule has 3 rings (SSSR count). The molecule has 0 aromatic heterocycles. The predicted molar refractivity (Wildman–Crippen MR) is 107 cm³/mol. The van der Waals surface area contributed by atoms with Gasteiger partial charge < -0.3 is 5.11 Å². The van der Waals surface area contributed by atoms with Gasteiger partial charge in [0.05, 0.1) is 0 Å². The molecule has 2 fully saturated rings. The number of phenolic OH excluding ortho intramolecular Hbond substituents is 1. The van der Waals surface area contributed by atoms with Gasteiger partial charge in [0.25, 0.3) is 0 Å². The van der Waals surface area contributed by atoms with Crippen molar-refractivity contribution in [2.24, 2.45) is 0 Å². The van der Waals surface area contributed by atoms with Crippen molar-refractivity contribution < 1.29 is 5.11 Å². The van der Waals surface area contributed by atoms with Crippen LogP contribution in [0.2, 0.25) is 0 Å². The van der Waals surface area contributed by atoms with E-state index in [9.17, 15) is 5.11 Å². The third-order valence-corrected chi connectivity index (χ3v) is 6.68. The van der Waals surface area contributed by atoms with Crippen LogP contribution < -0.4 is 0 Å². The molecule has 25 heavy (non-hydrogen) atoms. The van der Waals surface area contributed by atoms with Gasteiger partial charge in [-0.1, -0.05) is 89.2 Å². The van der Waals surface area contributed by atoms with Crippen molar-refractivity contribution in [1.82, 2.24) is 0 Å². The first kappa shape index (κ1) is 18.8. The summed E-state index contributed by atoms with van der Waals surface area (Å²) in [7, 11) is 0. The van der Waals surface area contributed by atoms with E-state index in [-0.39, 0.29) is 0 Å². The molecule has 0 unspecified atom stereocenters. The van der Waals surface area contributed by atoms with E-state index in [1.165, 1.54) is 114 Å². The molecule has 0 aliphatic heterocycles. The van der Waals surface area contributed by atoms with Gasteiger partial charge in [-0.15, -0.1) is 0 Å². The summed E-state index contributed by atoms with van der Waals surface area (Å²) < 4.78 is 0. The van der Waals surface area contributed by atoms with Gasteiger partial charge in [0.15, 0.2) is 0 Å². The second-order valence-corrected chi connectivity index (χ2v) is 8.61. The van der Waals surface area contributed by atoms with E-state index in [4.69, 9.17) is 0 Å². The zero-order valence-electron chi connectivity index (χ0n) is 16.1. The van der Waals surface area contributed by atoms with Crippen molar-refractivity contribution >= 4 is 0 Å². The summed E-state index contributed by atoms with van der Waals surface area (Å²) in [6.07, 6.45) is 21.7. The SMILES string of the molecule is Oc1cc(C2CCCCCCCC2)ccc1C1CCCCCCCC1. The maximum absolute atomic E-state index is 10.8. The van der Waals surface area contributed by atoms with Crippen molar-refractivity contribution in [2.75, 3.05) is 0 Å². The van der Waals surface area contributed by atoms with Crippen LogP contribution in [0.15, 0.2) is 18.2 Å². The lowest BCUT2D eigenvalue weighted by Crippen LogP contribution is -2.03. The molecular formula is C24H38O. The molecule has 0 amide bonds. The molecule has 0 spiro atoms. The predicted octanol–water partition coefficient (Wildman–Crippen LogP) is 7.83. The maximum atomic E-state index is 10.8.